The highest BCUT2D eigenvalue weighted by Gasteiger charge is 2.25. The quantitative estimate of drug-likeness (QED) is 0.434. The first-order chi connectivity index (χ1) is 18.3. The maximum Gasteiger partial charge on any atom is 0.255 e. The maximum atomic E-state index is 13.0. The van der Waals surface area contributed by atoms with Crippen molar-refractivity contribution >= 4 is 27.5 Å². The minimum absolute atomic E-state index is 0.123. The van der Waals surface area contributed by atoms with E-state index in [4.69, 9.17) is 0 Å². The first-order valence-corrected chi connectivity index (χ1v) is 14.4. The topological polar surface area (TPSA) is 98.8 Å². The summed E-state index contributed by atoms with van der Waals surface area (Å²) >= 11 is 0. The van der Waals surface area contributed by atoms with E-state index in [9.17, 15) is 18.0 Å². The Bertz CT molecular complexity index is 1350. The molecule has 9 heteroatoms. The van der Waals surface area contributed by atoms with Gasteiger partial charge in [-0.15, -0.1) is 0 Å². The van der Waals surface area contributed by atoms with Crippen molar-refractivity contribution < 1.29 is 18.0 Å². The highest BCUT2D eigenvalue weighted by molar-refractivity contribution is 7.89. The summed E-state index contributed by atoms with van der Waals surface area (Å²) in [4.78, 5) is 28.2. The van der Waals surface area contributed by atoms with Crippen molar-refractivity contribution in [3.8, 4) is 0 Å². The van der Waals surface area contributed by atoms with Gasteiger partial charge in [0.2, 0.25) is 10.0 Å². The van der Waals surface area contributed by atoms with Gasteiger partial charge in [0, 0.05) is 38.3 Å². The zero-order valence-electron chi connectivity index (χ0n) is 21.8. The Kier molecular flexibility index (Phi) is 8.93. The van der Waals surface area contributed by atoms with Gasteiger partial charge < -0.3 is 10.6 Å². The molecule has 1 aliphatic rings. The second-order valence-electron chi connectivity index (χ2n) is 9.38. The zero-order valence-corrected chi connectivity index (χ0v) is 22.6. The molecule has 8 nitrogen and oxygen atoms in total. The summed E-state index contributed by atoms with van der Waals surface area (Å²) in [6, 6.07) is 23.8. The first kappa shape index (κ1) is 27.5. The van der Waals surface area contributed by atoms with Crippen LogP contribution in [0.1, 0.15) is 51.7 Å². The van der Waals surface area contributed by atoms with Gasteiger partial charge in [-0.3, -0.25) is 14.5 Å². The molecule has 0 radical (unpaired) electrons. The van der Waals surface area contributed by atoms with Gasteiger partial charge in [-0.2, -0.15) is 4.31 Å². The standard InChI is InChI=1S/C29H34N4O4S/c1-3-38(36,37)33-19-17-32(18-20-33)21-23-13-15-25(16-14-23)28(34)31-27-12-8-7-11-26(27)29(35)30-22(2)24-9-5-4-6-10-24/h4-16,22H,3,17-21H2,1-2H3,(H,30,35)(H,31,34). The van der Waals surface area contributed by atoms with Gasteiger partial charge in [0.15, 0.2) is 0 Å². The van der Waals surface area contributed by atoms with Crippen LogP contribution in [0.4, 0.5) is 5.69 Å². The molecule has 1 saturated heterocycles. The number of sulfonamides is 1. The summed E-state index contributed by atoms with van der Waals surface area (Å²) in [5.41, 5.74) is 3.36. The fraction of sp³-hybridized carbons (Fsp3) is 0.310. The number of nitrogens with zero attached hydrogens (tertiary/aromatic N) is 2. The summed E-state index contributed by atoms with van der Waals surface area (Å²) in [5.74, 6) is -0.441. The average Bonchev–Trinajstić information content (AvgIpc) is 2.94. The summed E-state index contributed by atoms with van der Waals surface area (Å²) in [6.45, 7) is 6.60. The molecule has 3 aromatic carbocycles. The third kappa shape index (κ3) is 6.86. The summed E-state index contributed by atoms with van der Waals surface area (Å²) in [7, 11) is -3.15. The molecule has 1 unspecified atom stereocenters. The molecule has 0 spiro atoms. The maximum absolute atomic E-state index is 13.0. The van der Waals surface area contributed by atoms with E-state index in [-0.39, 0.29) is 23.6 Å². The monoisotopic (exact) mass is 534 g/mol. The highest BCUT2D eigenvalue weighted by Crippen LogP contribution is 2.19. The van der Waals surface area contributed by atoms with Crippen LogP contribution >= 0.6 is 0 Å². The minimum atomic E-state index is -3.15. The largest absolute Gasteiger partial charge is 0.345 e. The van der Waals surface area contributed by atoms with Gasteiger partial charge in [-0.1, -0.05) is 54.6 Å². The van der Waals surface area contributed by atoms with Gasteiger partial charge >= 0.3 is 0 Å². The number of carbonyl (C=O) groups excluding carboxylic acids is 2. The van der Waals surface area contributed by atoms with Crippen molar-refractivity contribution in [3.63, 3.8) is 0 Å². The van der Waals surface area contributed by atoms with Crippen LogP contribution in [0, 0.1) is 0 Å². The number of anilines is 1. The Morgan fingerprint density at radius 3 is 2.13 bits per heavy atom. The lowest BCUT2D eigenvalue weighted by Gasteiger charge is -2.33. The summed E-state index contributed by atoms with van der Waals surface area (Å²) < 4.78 is 25.7. The molecule has 1 heterocycles. The van der Waals surface area contributed by atoms with Gasteiger partial charge in [0.25, 0.3) is 11.8 Å². The Morgan fingerprint density at radius 1 is 0.842 bits per heavy atom. The fourth-order valence-corrected chi connectivity index (χ4v) is 5.54. The molecular formula is C29H34N4O4S. The van der Waals surface area contributed by atoms with Crippen LogP contribution < -0.4 is 10.6 Å². The van der Waals surface area contributed by atoms with E-state index in [1.165, 1.54) is 0 Å². The first-order valence-electron chi connectivity index (χ1n) is 12.8. The lowest BCUT2D eigenvalue weighted by Crippen LogP contribution is -2.48. The second-order valence-corrected chi connectivity index (χ2v) is 11.6. The van der Waals surface area contributed by atoms with Gasteiger partial charge in [-0.05, 0) is 49.2 Å². The highest BCUT2D eigenvalue weighted by atomic mass is 32.2. The Balaban J connectivity index is 1.35. The SMILES string of the molecule is CCS(=O)(=O)N1CCN(Cc2ccc(C(=O)Nc3ccccc3C(=O)NC(C)c3ccccc3)cc2)CC1. The lowest BCUT2D eigenvalue weighted by atomic mass is 10.1. The molecule has 1 atom stereocenters. The normalized spacial score (nSPS) is 15.5. The van der Waals surface area contributed by atoms with Gasteiger partial charge in [0.1, 0.15) is 0 Å². The van der Waals surface area contributed by atoms with Crippen molar-refractivity contribution in [2.24, 2.45) is 0 Å². The average molecular weight is 535 g/mol. The molecule has 1 fully saturated rings. The van der Waals surface area contributed by atoms with E-state index in [0.717, 1.165) is 11.1 Å². The Morgan fingerprint density at radius 2 is 1.47 bits per heavy atom. The van der Waals surface area contributed by atoms with Crippen molar-refractivity contribution in [1.29, 1.82) is 0 Å². The summed E-state index contributed by atoms with van der Waals surface area (Å²) in [5, 5.41) is 5.87. The van der Waals surface area contributed by atoms with Crippen LogP contribution in [0.2, 0.25) is 0 Å². The van der Waals surface area contributed by atoms with Crippen LogP contribution in [0.15, 0.2) is 78.9 Å². The molecule has 200 valence electrons. The van der Waals surface area contributed by atoms with E-state index in [2.05, 4.69) is 15.5 Å². The van der Waals surface area contributed by atoms with E-state index in [0.29, 0.717) is 49.5 Å². The zero-order chi connectivity index (χ0) is 27.1. The van der Waals surface area contributed by atoms with Gasteiger partial charge in [0.05, 0.1) is 23.0 Å². The lowest BCUT2D eigenvalue weighted by molar-refractivity contribution is 0.0940. The number of amides is 2. The Labute approximate surface area is 224 Å². The van der Waals surface area contributed by atoms with Crippen molar-refractivity contribution in [3.05, 3.63) is 101 Å². The minimum Gasteiger partial charge on any atom is -0.345 e. The Hall–Kier alpha value is -3.53. The van der Waals surface area contributed by atoms with Crippen LogP contribution in [0.3, 0.4) is 0 Å². The molecule has 0 bridgehead atoms. The van der Waals surface area contributed by atoms with Crippen LogP contribution in [0.25, 0.3) is 0 Å². The number of para-hydroxylation sites is 1. The number of rotatable bonds is 9. The summed E-state index contributed by atoms with van der Waals surface area (Å²) in [6.07, 6.45) is 0. The third-order valence-electron chi connectivity index (χ3n) is 6.78. The van der Waals surface area contributed by atoms with E-state index in [1.807, 2.05) is 49.4 Å². The fourth-order valence-electron chi connectivity index (χ4n) is 4.45. The molecule has 0 aliphatic carbocycles. The molecular weight excluding hydrogens is 500 g/mol. The number of piperazine rings is 1. The molecule has 1 aliphatic heterocycles. The molecule has 3 aromatic rings. The molecule has 0 saturated carbocycles. The molecule has 2 amide bonds. The van der Waals surface area contributed by atoms with Crippen molar-refractivity contribution in [2.75, 3.05) is 37.2 Å². The molecule has 38 heavy (non-hydrogen) atoms. The van der Waals surface area contributed by atoms with E-state index < -0.39 is 10.0 Å². The van der Waals surface area contributed by atoms with Crippen molar-refractivity contribution in [1.82, 2.24) is 14.5 Å². The third-order valence-corrected chi connectivity index (χ3v) is 8.66. The number of carbonyl (C=O) groups is 2. The predicted molar refractivity (Wildman–Crippen MR) is 149 cm³/mol. The molecule has 2 N–H and O–H groups in total. The molecule has 0 aromatic heterocycles. The van der Waals surface area contributed by atoms with Crippen LogP contribution in [-0.2, 0) is 16.6 Å². The van der Waals surface area contributed by atoms with E-state index in [1.54, 1.807) is 47.6 Å². The second kappa shape index (κ2) is 12.3. The number of hydrogen-bond acceptors (Lipinski definition) is 5. The van der Waals surface area contributed by atoms with Crippen molar-refractivity contribution in [2.45, 2.75) is 26.4 Å². The number of hydrogen-bond donors (Lipinski definition) is 2. The predicted octanol–water partition coefficient (Wildman–Crippen LogP) is 3.90. The van der Waals surface area contributed by atoms with Crippen LogP contribution in [0.5, 0.6) is 0 Å². The van der Waals surface area contributed by atoms with Crippen LogP contribution in [-0.4, -0.2) is 61.4 Å². The molecule has 4 rings (SSSR count). The smallest absolute Gasteiger partial charge is 0.255 e. The van der Waals surface area contributed by atoms with E-state index >= 15 is 0 Å². The van der Waals surface area contributed by atoms with Gasteiger partial charge in [-0.25, -0.2) is 8.42 Å². The number of nitrogens with one attached hydrogen (secondary N) is 2. The number of benzene rings is 3.